The van der Waals surface area contributed by atoms with Crippen molar-refractivity contribution >= 4 is 11.7 Å². The Labute approximate surface area is 134 Å². The molecule has 0 aliphatic rings. The van der Waals surface area contributed by atoms with Crippen LogP contribution in [0.1, 0.15) is 35.3 Å². The largest absolute Gasteiger partial charge is 0.478 e. The van der Waals surface area contributed by atoms with Crippen LogP contribution in [0.15, 0.2) is 36.4 Å². The van der Waals surface area contributed by atoms with Gasteiger partial charge in [-0.1, -0.05) is 19.9 Å². The second-order valence-electron chi connectivity index (χ2n) is 4.67. The Hall–Kier alpha value is -2.89. The molecule has 6 nitrogen and oxygen atoms in total. The molecule has 1 N–H and O–H groups in total. The zero-order chi connectivity index (χ0) is 17.6. The van der Waals surface area contributed by atoms with Crippen LogP contribution in [0.3, 0.4) is 0 Å². The number of hydrogen-bond donors (Lipinski definition) is 1. The molecule has 0 bridgehead atoms. The molecule has 0 spiro atoms. The van der Waals surface area contributed by atoms with Crippen LogP contribution in [0.5, 0.6) is 11.5 Å². The highest BCUT2D eigenvalue weighted by molar-refractivity contribution is 5.91. The number of rotatable bonds is 4. The average molecular weight is 317 g/mol. The van der Waals surface area contributed by atoms with Crippen LogP contribution in [0.4, 0.5) is 5.69 Å². The van der Waals surface area contributed by atoms with Crippen LogP contribution in [-0.4, -0.2) is 16.0 Å². The monoisotopic (exact) mass is 317 g/mol. The maximum absolute atomic E-state index is 11.2. The van der Waals surface area contributed by atoms with Crippen molar-refractivity contribution in [1.29, 1.82) is 0 Å². The number of benzene rings is 2. The van der Waals surface area contributed by atoms with Crippen molar-refractivity contribution in [2.24, 2.45) is 0 Å². The van der Waals surface area contributed by atoms with E-state index in [4.69, 9.17) is 9.84 Å². The molecule has 0 unspecified atom stereocenters. The molecule has 0 radical (unpaired) electrons. The predicted octanol–water partition coefficient (Wildman–Crippen LogP) is 4.73. The fourth-order valence-electron chi connectivity index (χ4n) is 2.00. The molecule has 0 heterocycles. The number of aryl methyl sites for hydroxylation is 2. The molecule has 0 aliphatic carbocycles. The number of nitrogens with zero attached hydrogens (tertiary/aromatic N) is 1. The van der Waals surface area contributed by atoms with Gasteiger partial charge in [0.15, 0.2) is 0 Å². The van der Waals surface area contributed by atoms with E-state index in [1.165, 1.54) is 6.07 Å². The minimum absolute atomic E-state index is 0.0540. The summed E-state index contributed by atoms with van der Waals surface area (Å²) in [7, 11) is 0. The predicted molar refractivity (Wildman–Crippen MR) is 87.4 cm³/mol. The Morgan fingerprint density at radius 2 is 1.65 bits per heavy atom. The molecule has 0 aromatic heterocycles. The van der Waals surface area contributed by atoms with Crippen molar-refractivity contribution in [3.05, 3.63) is 63.2 Å². The lowest BCUT2D eigenvalue weighted by molar-refractivity contribution is -0.384. The topological polar surface area (TPSA) is 89.7 Å². The molecule has 0 fully saturated rings. The van der Waals surface area contributed by atoms with Crippen molar-refractivity contribution in [2.75, 3.05) is 0 Å². The van der Waals surface area contributed by atoms with Gasteiger partial charge in [0.05, 0.1) is 11.0 Å². The van der Waals surface area contributed by atoms with E-state index in [1.54, 1.807) is 12.1 Å². The van der Waals surface area contributed by atoms with Gasteiger partial charge in [0.1, 0.15) is 17.1 Å². The summed E-state index contributed by atoms with van der Waals surface area (Å²) in [6.45, 7) is 7.76. The molecule has 2 rings (SSSR count). The number of carbonyl (C=O) groups is 1. The highest BCUT2D eigenvalue weighted by Crippen LogP contribution is 2.30. The lowest BCUT2D eigenvalue weighted by Crippen LogP contribution is -2.01. The number of carboxylic acid groups (broad SMARTS) is 1. The van der Waals surface area contributed by atoms with Crippen molar-refractivity contribution in [3.8, 4) is 11.5 Å². The third kappa shape index (κ3) is 4.81. The summed E-state index contributed by atoms with van der Waals surface area (Å²) in [5, 5.41) is 19.9. The summed E-state index contributed by atoms with van der Waals surface area (Å²) >= 11 is 0. The summed E-state index contributed by atoms with van der Waals surface area (Å²) in [5.41, 5.74) is 1.55. The Kier molecular flexibility index (Phi) is 6.26. The molecule has 2 aromatic rings. The Morgan fingerprint density at radius 3 is 2.13 bits per heavy atom. The van der Waals surface area contributed by atoms with Gasteiger partial charge in [-0.2, -0.15) is 0 Å². The fraction of sp³-hybridized carbons (Fsp3) is 0.235. The molecule has 2 aromatic carbocycles. The van der Waals surface area contributed by atoms with Crippen molar-refractivity contribution in [1.82, 2.24) is 0 Å². The maximum Gasteiger partial charge on any atom is 0.339 e. The Bertz CT molecular complexity index is 705. The van der Waals surface area contributed by atoms with Crippen LogP contribution in [0.2, 0.25) is 0 Å². The Balaban J connectivity index is 0.00000127. The smallest absolute Gasteiger partial charge is 0.339 e. The maximum atomic E-state index is 11.2. The van der Waals surface area contributed by atoms with E-state index in [0.717, 1.165) is 23.3 Å². The van der Waals surface area contributed by atoms with Gasteiger partial charge < -0.3 is 9.84 Å². The van der Waals surface area contributed by atoms with E-state index in [2.05, 4.69) is 0 Å². The van der Waals surface area contributed by atoms with Gasteiger partial charge in [0.25, 0.3) is 5.69 Å². The molecule has 0 atom stereocenters. The molecule has 23 heavy (non-hydrogen) atoms. The molecule has 122 valence electrons. The van der Waals surface area contributed by atoms with Crippen LogP contribution < -0.4 is 4.74 Å². The van der Waals surface area contributed by atoms with E-state index >= 15 is 0 Å². The molecular weight excluding hydrogens is 298 g/mol. The van der Waals surface area contributed by atoms with Gasteiger partial charge in [-0.05, 0) is 43.2 Å². The lowest BCUT2D eigenvalue weighted by atomic mass is 10.1. The second-order valence-corrected chi connectivity index (χ2v) is 4.67. The number of aromatic carboxylic acids is 1. The lowest BCUT2D eigenvalue weighted by Gasteiger charge is -2.10. The van der Waals surface area contributed by atoms with Crippen molar-refractivity contribution < 1.29 is 19.6 Å². The first-order chi connectivity index (χ1) is 10.9. The first kappa shape index (κ1) is 18.2. The minimum atomic E-state index is -1.20. The van der Waals surface area contributed by atoms with Crippen LogP contribution in [-0.2, 0) is 0 Å². The first-order valence-corrected chi connectivity index (χ1v) is 7.14. The summed E-state index contributed by atoms with van der Waals surface area (Å²) in [5.74, 6) is -0.818. The molecule has 0 saturated heterocycles. The third-order valence-corrected chi connectivity index (χ3v) is 2.83. The first-order valence-electron chi connectivity index (χ1n) is 7.14. The molecular formula is C17H19NO5. The van der Waals surface area contributed by atoms with E-state index in [-0.39, 0.29) is 17.0 Å². The number of non-ortho nitro benzene ring substituents is 1. The van der Waals surface area contributed by atoms with Gasteiger partial charge in [-0.3, -0.25) is 10.1 Å². The summed E-state index contributed by atoms with van der Waals surface area (Å²) in [6.07, 6.45) is 0. The SMILES string of the molecule is CC.Cc1cc(C)cc(Oc2cc([N+](=O)[O-])ccc2C(=O)O)c1. The van der Waals surface area contributed by atoms with Gasteiger partial charge in [0.2, 0.25) is 0 Å². The summed E-state index contributed by atoms with van der Waals surface area (Å²) < 4.78 is 5.54. The third-order valence-electron chi connectivity index (χ3n) is 2.83. The average Bonchev–Trinajstić information content (AvgIpc) is 2.47. The van der Waals surface area contributed by atoms with Gasteiger partial charge in [-0.15, -0.1) is 0 Å². The normalized spacial score (nSPS) is 9.57. The number of ether oxygens (including phenoxy) is 1. The van der Waals surface area contributed by atoms with Gasteiger partial charge >= 0.3 is 5.97 Å². The van der Waals surface area contributed by atoms with Crippen LogP contribution >= 0.6 is 0 Å². The van der Waals surface area contributed by atoms with E-state index in [1.807, 2.05) is 33.8 Å². The minimum Gasteiger partial charge on any atom is -0.478 e. The summed E-state index contributed by atoms with van der Waals surface area (Å²) in [6, 6.07) is 8.82. The highest BCUT2D eigenvalue weighted by Gasteiger charge is 2.17. The summed E-state index contributed by atoms with van der Waals surface area (Å²) in [4.78, 5) is 21.4. The molecule has 0 amide bonds. The molecule has 0 aliphatic heterocycles. The fourth-order valence-corrected chi connectivity index (χ4v) is 2.00. The van der Waals surface area contributed by atoms with Gasteiger partial charge in [0, 0.05) is 6.07 Å². The molecule has 6 heteroatoms. The zero-order valence-electron chi connectivity index (χ0n) is 13.5. The van der Waals surface area contributed by atoms with Crippen molar-refractivity contribution in [3.63, 3.8) is 0 Å². The van der Waals surface area contributed by atoms with Crippen LogP contribution in [0.25, 0.3) is 0 Å². The van der Waals surface area contributed by atoms with Crippen LogP contribution in [0, 0.1) is 24.0 Å². The molecule has 0 saturated carbocycles. The number of hydrogen-bond acceptors (Lipinski definition) is 4. The standard InChI is InChI=1S/C15H13NO5.C2H6/c1-9-5-10(2)7-12(6-9)21-14-8-11(16(19)20)3-4-13(14)15(17)18;1-2/h3-8H,1-2H3,(H,17,18);1-2H3. The van der Waals surface area contributed by atoms with E-state index < -0.39 is 10.9 Å². The number of carboxylic acids is 1. The zero-order valence-corrected chi connectivity index (χ0v) is 13.5. The number of nitro benzene ring substituents is 1. The van der Waals surface area contributed by atoms with Crippen molar-refractivity contribution in [2.45, 2.75) is 27.7 Å². The van der Waals surface area contributed by atoms with Gasteiger partial charge in [-0.25, -0.2) is 4.79 Å². The highest BCUT2D eigenvalue weighted by atomic mass is 16.6. The second kappa shape index (κ2) is 7.93. The van der Waals surface area contributed by atoms with E-state index in [9.17, 15) is 14.9 Å². The Morgan fingerprint density at radius 1 is 1.09 bits per heavy atom. The number of nitro groups is 1. The van der Waals surface area contributed by atoms with E-state index in [0.29, 0.717) is 5.75 Å². The quantitative estimate of drug-likeness (QED) is 0.650.